The fourth-order valence-corrected chi connectivity index (χ4v) is 2.92. The molecule has 3 nitrogen and oxygen atoms in total. The largest absolute Gasteiger partial charge is 0.469 e. The van der Waals surface area contributed by atoms with Crippen LogP contribution in [0.4, 0.5) is 13.2 Å². The lowest BCUT2D eigenvalue weighted by Gasteiger charge is -2.04. The molecule has 1 rings (SSSR count). The SMILES string of the molecule is COC(=O)CCCc1ccc(C(=O)CCCCC(F)(F)F)s1. The molecule has 1 heterocycles. The number of methoxy groups -OCH3 is 1. The maximum Gasteiger partial charge on any atom is 0.389 e. The summed E-state index contributed by atoms with van der Waals surface area (Å²) in [5.74, 6) is -0.385. The van der Waals surface area contributed by atoms with Crippen LogP contribution in [0.2, 0.25) is 0 Å². The molecule has 7 heteroatoms. The molecule has 0 saturated carbocycles. The topological polar surface area (TPSA) is 43.4 Å². The zero-order chi connectivity index (χ0) is 16.6. The van der Waals surface area contributed by atoms with Gasteiger partial charge in [-0.2, -0.15) is 13.2 Å². The summed E-state index contributed by atoms with van der Waals surface area (Å²) in [4.78, 5) is 24.4. The molecular formula is C15H19F3O3S. The number of ether oxygens (including phenoxy) is 1. The molecule has 0 atom stereocenters. The minimum Gasteiger partial charge on any atom is -0.469 e. The molecule has 1 aromatic rings. The van der Waals surface area contributed by atoms with E-state index in [9.17, 15) is 22.8 Å². The molecule has 0 saturated heterocycles. The average molecular weight is 336 g/mol. The number of carbonyl (C=O) groups excluding carboxylic acids is 2. The van der Waals surface area contributed by atoms with Crippen LogP contribution in [0.25, 0.3) is 0 Å². The number of Topliss-reactive ketones (excluding diaryl/α,β-unsaturated/α-hetero) is 1. The smallest absolute Gasteiger partial charge is 0.389 e. The Morgan fingerprint density at radius 2 is 1.86 bits per heavy atom. The lowest BCUT2D eigenvalue weighted by molar-refractivity contribution is -0.140. The number of hydrogen-bond acceptors (Lipinski definition) is 4. The molecular weight excluding hydrogens is 317 g/mol. The van der Waals surface area contributed by atoms with E-state index < -0.39 is 12.6 Å². The number of halogens is 3. The molecule has 0 bridgehead atoms. The van der Waals surface area contributed by atoms with Crippen LogP contribution in [0.1, 0.15) is 53.1 Å². The van der Waals surface area contributed by atoms with Crippen molar-refractivity contribution in [1.29, 1.82) is 0 Å². The van der Waals surface area contributed by atoms with E-state index in [1.807, 2.05) is 6.07 Å². The molecule has 0 aromatic carbocycles. The van der Waals surface area contributed by atoms with E-state index in [0.717, 1.165) is 4.88 Å². The van der Waals surface area contributed by atoms with Crippen LogP contribution in [-0.4, -0.2) is 25.0 Å². The van der Waals surface area contributed by atoms with Crippen LogP contribution in [0.15, 0.2) is 12.1 Å². The molecule has 0 unspecified atom stereocenters. The minimum absolute atomic E-state index is 0.0212. The fraction of sp³-hybridized carbons (Fsp3) is 0.600. The number of ketones is 1. The Labute approximate surface area is 131 Å². The highest BCUT2D eigenvalue weighted by Gasteiger charge is 2.26. The summed E-state index contributed by atoms with van der Waals surface area (Å²) in [7, 11) is 1.34. The Morgan fingerprint density at radius 1 is 1.14 bits per heavy atom. The third-order valence-corrected chi connectivity index (χ3v) is 4.27. The summed E-state index contributed by atoms with van der Waals surface area (Å²) >= 11 is 1.34. The van der Waals surface area contributed by atoms with Crippen molar-refractivity contribution in [3.05, 3.63) is 21.9 Å². The van der Waals surface area contributed by atoms with Crippen molar-refractivity contribution in [3.8, 4) is 0 Å². The molecule has 0 amide bonds. The Morgan fingerprint density at radius 3 is 2.50 bits per heavy atom. The van der Waals surface area contributed by atoms with Crippen molar-refractivity contribution in [2.45, 2.75) is 51.1 Å². The van der Waals surface area contributed by atoms with Crippen molar-refractivity contribution < 1.29 is 27.5 Å². The molecule has 0 aliphatic rings. The predicted octanol–water partition coefficient (Wildman–Crippen LogP) is 4.55. The molecule has 124 valence electrons. The second-order valence-corrected chi connectivity index (χ2v) is 6.11. The Hall–Kier alpha value is -1.37. The van der Waals surface area contributed by atoms with E-state index in [2.05, 4.69) is 4.74 Å². The van der Waals surface area contributed by atoms with Crippen LogP contribution < -0.4 is 0 Å². The predicted molar refractivity (Wildman–Crippen MR) is 78.1 cm³/mol. The Kier molecular flexibility index (Phi) is 7.58. The Balaban J connectivity index is 2.30. The van der Waals surface area contributed by atoms with Gasteiger partial charge in [0.25, 0.3) is 0 Å². The molecule has 0 aliphatic carbocycles. The molecule has 22 heavy (non-hydrogen) atoms. The van der Waals surface area contributed by atoms with Gasteiger partial charge in [-0.15, -0.1) is 11.3 Å². The number of alkyl halides is 3. The van der Waals surface area contributed by atoms with Gasteiger partial charge in [0.2, 0.25) is 0 Å². The summed E-state index contributed by atoms with van der Waals surface area (Å²) in [5.41, 5.74) is 0. The first-order valence-corrected chi connectivity index (χ1v) is 7.89. The molecule has 1 aromatic heterocycles. The number of hydrogen-bond donors (Lipinski definition) is 0. The van der Waals surface area contributed by atoms with Gasteiger partial charge in [-0.05, 0) is 37.8 Å². The van der Waals surface area contributed by atoms with E-state index in [4.69, 9.17) is 0 Å². The second-order valence-electron chi connectivity index (χ2n) is 4.94. The molecule has 0 N–H and O–H groups in total. The second kappa shape index (κ2) is 8.92. The first-order chi connectivity index (χ1) is 10.3. The van der Waals surface area contributed by atoms with Gasteiger partial charge in [0.05, 0.1) is 12.0 Å². The highest BCUT2D eigenvalue weighted by molar-refractivity contribution is 7.14. The highest BCUT2D eigenvalue weighted by atomic mass is 32.1. The number of carbonyl (C=O) groups is 2. The van der Waals surface area contributed by atoms with Gasteiger partial charge in [-0.1, -0.05) is 0 Å². The highest BCUT2D eigenvalue weighted by Crippen LogP contribution is 2.24. The Bertz CT molecular complexity index is 494. The maximum atomic E-state index is 12.0. The molecule has 0 radical (unpaired) electrons. The average Bonchev–Trinajstić information content (AvgIpc) is 2.91. The number of rotatable bonds is 9. The third kappa shape index (κ3) is 7.59. The molecule has 0 aliphatic heterocycles. The molecule has 0 fully saturated rings. The zero-order valence-corrected chi connectivity index (χ0v) is 13.2. The fourth-order valence-electron chi connectivity index (χ4n) is 1.91. The standard InChI is InChI=1S/C15H19F3O3S/c1-21-14(20)7-4-5-11-8-9-13(22-11)12(19)6-2-3-10-15(16,17)18/h8-9H,2-7,10H2,1H3. The van der Waals surface area contributed by atoms with Gasteiger partial charge < -0.3 is 4.74 Å². The van der Waals surface area contributed by atoms with E-state index in [1.54, 1.807) is 6.07 Å². The van der Waals surface area contributed by atoms with Gasteiger partial charge in [0.1, 0.15) is 0 Å². The van der Waals surface area contributed by atoms with Crippen molar-refractivity contribution in [2.75, 3.05) is 7.11 Å². The van der Waals surface area contributed by atoms with Crippen molar-refractivity contribution in [2.24, 2.45) is 0 Å². The van der Waals surface area contributed by atoms with Gasteiger partial charge in [0.15, 0.2) is 5.78 Å². The van der Waals surface area contributed by atoms with E-state index in [1.165, 1.54) is 18.4 Å². The van der Waals surface area contributed by atoms with E-state index in [0.29, 0.717) is 24.1 Å². The first-order valence-electron chi connectivity index (χ1n) is 7.07. The number of unbranched alkanes of at least 4 members (excludes halogenated alkanes) is 1. The van der Waals surface area contributed by atoms with Gasteiger partial charge in [-0.3, -0.25) is 9.59 Å². The van der Waals surface area contributed by atoms with Crippen LogP contribution in [0, 0.1) is 0 Å². The van der Waals surface area contributed by atoms with Gasteiger partial charge in [-0.25, -0.2) is 0 Å². The first kappa shape index (κ1) is 18.7. The van der Waals surface area contributed by atoms with E-state index >= 15 is 0 Å². The van der Waals surface area contributed by atoms with Crippen LogP contribution >= 0.6 is 11.3 Å². The zero-order valence-electron chi connectivity index (χ0n) is 12.4. The lowest BCUT2D eigenvalue weighted by atomic mass is 10.1. The monoisotopic (exact) mass is 336 g/mol. The lowest BCUT2D eigenvalue weighted by Crippen LogP contribution is -2.07. The summed E-state index contributed by atoms with van der Waals surface area (Å²) < 4.78 is 40.5. The number of esters is 1. The van der Waals surface area contributed by atoms with E-state index in [-0.39, 0.29) is 31.0 Å². The van der Waals surface area contributed by atoms with Crippen LogP contribution in [-0.2, 0) is 16.0 Å². The summed E-state index contributed by atoms with van der Waals surface area (Å²) in [6, 6.07) is 3.52. The van der Waals surface area contributed by atoms with Crippen molar-refractivity contribution in [1.82, 2.24) is 0 Å². The van der Waals surface area contributed by atoms with Gasteiger partial charge in [0, 0.05) is 24.1 Å². The number of aryl methyl sites for hydroxylation is 1. The van der Waals surface area contributed by atoms with Crippen LogP contribution in [0.5, 0.6) is 0 Å². The molecule has 0 spiro atoms. The summed E-state index contributed by atoms with van der Waals surface area (Å²) in [6.45, 7) is 0. The normalized spacial score (nSPS) is 11.5. The number of thiophene rings is 1. The van der Waals surface area contributed by atoms with Crippen LogP contribution in [0.3, 0.4) is 0 Å². The summed E-state index contributed by atoms with van der Waals surface area (Å²) in [5, 5.41) is 0. The third-order valence-electron chi connectivity index (χ3n) is 3.08. The van der Waals surface area contributed by atoms with Gasteiger partial charge >= 0.3 is 12.1 Å². The maximum absolute atomic E-state index is 12.0. The minimum atomic E-state index is -4.15. The van der Waals surface area contributed by atoms with Crippen molar-refractivity contribution >= 4 is 23.1 Å². The summed E-state index contributed by atoms with van der Waals surface area (Å²) in [6.07, 6.45) is -2.98. The van der Waals surface area contributed by atoms with Crippen molar-refractivity contribution in [3.63, 3.8) is 0 Å². The quantitative estimate of drug-likeness (QED) is 0.377.